The molecule has 7 atom stereocenters. The summed E-state index contributed by atoms with van der Waals surface area (Å²) in [4.78, 5) is 5.48. The molecule has 4 fully saturated rings. The second-order valence-electron chi connectivity index (χ2n) is 15.2. The van der Waals surface area contributed by atoms with Crippen LogP contribution in [0.3, 0.4) is 0 Å². The van der Waals surface area contributed by atoms with Crippen molar-refractivity contribution in [2.75, 3.05) is 39.4 Å². The molecular formula is C33H52N2O3. The van der Waals surface area contributed by atoms with Crippen molar-refractivity contribution in [1.29, 1.82) is 0 Å². The Kier molecular flexibility index (Phi) is 7.15. The molecule has 0 spiro atoms. The summed E-state index contributed by atoms with van der Waals surface area (Å²) in [7, 11) is 0. The Morgan fingerprint density at radius 3 is 2.50 bits per heavy atom. The van der Waals surface area contributed by atoms with Crippen LogP contribution >= 0.6 is 0 Å². The quantitative estimate of drug-likeness (QED) is 0.453. The zero-order valence-corrected chi connectivity index (χ0v) is 25.0. The zero-order valence-electron chi connectivity index (χ0n) is 25.0. The molecule has 0 N–H and O–H groups in total. The van der Waals surface area contributed by atoms with Gasteiger partial charge in [0, 0.05) is 36.7 Å². The van der Waals surface area contributed by atoms with Crippen LogP contribution in [0.15, 0.2) is 18.2 Å². The Morgan fingerprint density at radius 2 is 1.74 bits per heavy atom. The lowest BCUT2D eigenvalue weighted by molar-refractivity contribution is -0.157. The van der Waals surface area contributed by atoms with E-state index >= 15 is 0 Å². The van der Waals surface area contributed by atoms with Crippen molar-refractivity contribution < 1.29 is 14.2 Å². The first-order valence-electron chi connectivity index (χ1n) is 15.5. The van der Waals surface area contributed by atoms with Crippen molar-refractivity contribution in [2.45, 2.75) is 110 Å². The molecule has 0 saturated carbocycles. The van der Waals surface area contributed by atoms with Crippen molar-refractivity contribution in [3.05, 3.63) is 29.3 Å². The molecule has 5 aliphatic rings. The van der Waals surface area contributed by atoms with E-state index in [0.717, 1.165) is 32.1 Å². The molecule has 0 radical (unpaired) electrons. The highest BCUT2D eigenvalue weighted by atomic mass is 16.5. The van der Waals surface area contributed by atoms with E-state index < -0.39 is 0 Å². The monoisotopic (exact) mass is 524 g/mol. The molecule has 0 amide bonds. The Morgan fingerprint density at radius 1 is 0.947 bits per heavy atom. The minimum absolute atomic E-state index is 0.120. The van der Waals surface area contributed by atoms with E-state index in [1.807, 2.05) is 0 Å². The fourth-order valence-corrected chi connectivity index (χ4v) is 8.21. The van der Waals surface area contributed by atoms with Gasteiger partial charge >= 0.3 is 0 Å². The first kappa shape index (κ1) is 27.1. The molecule has 2 unspecified atom stereocenters. The van der Waals surface area contributed by atoms with E-state index in [0.29, 0.717) is 35.9 Å². The van der Waals surface area contributed by atoms with Crippen molar-refractivity contribution in [3.63, 3.8) is 0 Å². The van der Waals surface area contributed by atoms with Gasteiger partial charge in [0.2, 0.25) is 0 Å². The molecule has 0 aliphatic carbocycles. The van der Waals surface area contributed by atoms with E-state index in [1.54, 1.807) is 0 Å². The van der Waals surface area contributed by atoms with E-state index in [-0.39, 0.29) is 23.0 Å². The van der Waals surface area contributed by atoms with Gasteiger partial charge in [-0.1, -0.05) is 54.5 Å². The van der Waals surface area contributed by atoms with E-state index in [2.05, 4.69) is 76.5 Å². The fourth-order valence-electron chi connectivity index (χ4n) is 8.21. The second kappa shape index (κ2) is 10.0. The van der Waals surface area contributed by atoms with Crippen LogP contribution in [0.5, 0.6) is 5.75 Å². The van der Waals surface area contributed by atoms with Gasteiger partial charge in [-0.3, -0.25) is 9.80 Å². The van der Waals surface area contributed by atoms with Gasteiger partial charge in [0.15, 0.2) is 0 Å². The average molecular weight is 525 g/mol. The summed E-state index contributed by atoms with van der Waals surface area (Å²) < 4.78 is 19.7. The normalized spacial score (nSPS) is 36.3. The predicted molar refractivity (Wildman–Crippen MR) is 153 cm³/mol. The number of rotatable bonds is 5. The maximum Gasteiger partial charge on any atom is 0.122 e. The highest BCUT2D eigenvalue weighted by molar-refractivity contribution is 5.44. The molecule has 1 aromatic carbocycles. The van der Waals surface area contributed by atoms with Crippen LogP contribution in [0.4, 0.5) is 0 Å². The third kappa shape index (κ3) is 4.95. The third-order valence-corrected chi connectivity index (χ3v) is 10.8. The van der Waals surface area contributed by atoms with Gasteiger partial charge in [-0.15, -0.1) is 0 Å². The van der Waals surface area contributed by atoms with Crippen molar-refractivity contribution in [3.8, 4) is 5.75 Å². The van der Waals surface area contributed by atoms with Crippen LogP contribution in [0.2, 0.25) is 0 Å². The highest BCUT2D eigenvalue weighted by Gasteiger charge is 2.48. The Bertz CT molecular complexity index is 1000. The number of benzene rings is 1. The second-order valence-corrected chi connectivity index (χ2v) is 15.2. The van der Waals surface area contributed by atoms with Gasteiger partial charge in [0.05, 0.1) is 31.5 Å². The summed E-state index contributed by atoms with van der Waals surface area (Å²) in [5, 5.41) is 0. The van der Waals surface area contributed by atoms with Gasteiger partial charge in [-0.25, -0.2) is 0 Å². The number of hydrogen-bond donors (Lipinski definition) is 0. The number of hydrogen-bond acceptors (Lipinski definition) is 5. The Hall–Kier alpha value is -1.14. The van der Waals surface area contributed by atoms with Crippen LogP contribution in [-0.2, 0) is 9.47 Å². The summed E-state index contributed by atoms with van der Waals surface area (Å²) in [6.07, 6.45) is 5.81. The molecule has 6 rings (SSSR count). The van der Waals surface area contributed by atoms with Gasteiger partial charge in [-0.2, -0.15) is 0 Å². The summed E-state index contributed by atoms with van der Waals surface area (Å²) in [6, 6.07) is 8.02. The Balaban J connectivity index is 1.20. The van der Waals surface area contributed by atoms with E-state index in [4.69, 9.17) is 14.2 Å². The molecule has 0 aromatic heterocycles. The molecule has 4 saturated heterocycles. The van der Waals surface area contributed by atoms with Gasteiger partial charge in [-0.05, 0) is 79.1 Å². The topological polar surface area (TPSA) is 34.2 Å². The van der Waals surface area contributed by atoms with Gasteiger partial charge in [0.25, 0.3) is 0 Å². The van der Waals surface area contributed by atoms with Crippen LogP contribution in [0, 0.1) is 22.7 Å². The van der Waals surface area contributed by atoms with Crippen molar-refractivity contribution in [1.82, 2.24) is 9.80 Å². The molecule has 1 aromatic rings. The molecular weight excluding hydrogens is 472 g/mol. The number of fused-ring (bicyclic) bond motifs is 3. The minimum atomic E-state index is 0.120. The lowest BCUT2D eigenvalue weighted by Gasteiger charge is -2.48. The molecule has 5 heteroatoms. The molecule has 212 valence electrons. The molecule has 38 heavy (non-hydrogen) atoms. The first-order chi connectivity index (χ1) is 18.0. The fraction of sp³-hybridized carbons (Fsp3) is 0.818. The average Bonchev–Trinajstić information content (AvgIpc) is 3.60. The number of ether oxygens (including phenoxy) is 3. The van der Waals surface area contributed by atoms with Gasteiger partial charge < -0.3 is 14.2 Å². The lowest BCUT2D eigenvalue weighted by Crippen LogP contribution is -2.54. The summed E-state index contributed by atoms with van der Waals surface area (Å²) in [6.45, 7) is 22.8. The first-order valence-corrected chi connectivity index (χ1v) is 15.5. The standard InChI is InChI=1S/C33H52N2O3/c1-21(2)29-17-35-14-12-23(27(35)20-37-29)16-33(6,7)30-18-34-13-8-9-26(34)31(38-30)22-10-11-28-24(15-22)25(19-36-28)32(3,4)5/h10-11,15,21,23,25-27,29-31H,8-9,12-14,16-20H2,1-7H3/t23?,25-,26+,27+,29-,30-,31?/m1/s1. The minimum Gasteiger partial charge on any atom is -0.493 e. The van der Waals surface area contributed by atoms with Crippen LogP contribution < -0.4 is 4.74 Å². The maximum atomic E-state index is 7.20. The lowest BCUT2D eigenvalue weighted by atomic mass is 9.74. The third-order valence-electron chi connectivity index (χ3n) is 10.8. The molecule has 5 nitrogen and oxygen atoms in total. The summed E-state index contributed by atoms with van der Waals surface area (Å²) in [5.41, 5.74) is 3.05. The maximum absolute atomic E-state index is 7.20. The van der Waals surface area contributed by atoms with Crippen molar-refractivity contribution in [2.24, 2.45) is 22.7 Å². The predicted octanol–water partition coefficient (Wildman–Crippen LogP) is 6.27. The van der Waals surface area contributed by atoms with Gasteiger partial charge in [0.1, 0.15) is 5.75 Å². The SMILES string of the molecule is CC(C)[C@H]1CN2CCC(CC(C)(C)[C@H]3CN4CCC[C@H]4C(c4ccc5c(c4)[C@H](C(C)(C)C)CO5)O3)[C@@H]2CO1. The van der Waals surface area contributed by atoms with Crippen LogP contribution in [-0.4, -0.2) is 73.5 Å². The zero-order chi connectivity index (χ0) is 26.8. The van der Waals surface area contributed by atoms with Crippen LogP contribution in [0.25, 0.3) is 0 Å². The smallest absolute Gasteiger partial charge is 0.122 e. The summed E-state index contributed by atoms with van der Waals surface area (Å²) >= 11 is 0. The largest absolute Gasteiger partial charge is 0.493 e. The molecule has 5 heterocycles. The summed E-state index contributed by atoms with van der Waals surface area (Å²) in [5.74, 6) is 2.80. The van der Waals surface area contributed by atoms with E-state index in [1.165, 1.54) is 49.9 Å². The van der Waals surface area contributed by atoms with E-state index in [9.17, 15) is 0 Å². The Labute approximate surface area is 231 Å². The number of nitrogens with zero attached hydrogens (tertiary/aromatic N) is 2. The molecule has 0 bridgehead atoms. The number of morpholine rings is 2. The highest BCUT2D eigenvalue weighted by Crippen LogP contribution is 2.49. The van der Waals surface area contributed by atoms with Crippen molar-refractivity contribution >= 4 is 0 Å². The van der Waals surface area contributed by atoms with Crippen LogP contribution in [0.1, 0.15) is 97.3 Å². The molecule has 5 aliphatic heterocycles.